The Morgan fingerprint density at radius 3 is 2.58 bits per heavy atom. The molecule has 1 aliphatic rings. The summed E-state index contributed by atoms with van der Waals surface area (Å²) in [6.45, 7) is 5.49. The molecular weight excluding hydrogens is 156 g/mol. The Morgan fingerprint density at radius 1 is 1.67 bits per heavy atom. The molecule has 1 rings (SSSR count). The summed E-state index contributed by atoms with van der Waals surface area (Å²) in [5, 5.41) is 9.33. The van der Waals surface area contributed by atoms with E-state index in [9.17, 15) is 9.90 Å². The lowest BCUT2D eigenvalue weighted by Crippen LogP contribution is -2.22. The van der Waals surface area contributed by atoms with E-state index < -0.39 is 11.8 Å². The first-order valence-electron chi connectivity index (χ1n) is 4.08. The predicted octanol–water partition coefficient (Wildman–Crippen LogP) is 1.22. The van der Waals surface area contributed by atoms with Crippen molar-refractivity contribution in [2.24, 2.45) is 5.92 Å². The summed E-state index contributed by atoms with van der Waals surface area (Å²) >= 11 is 0. The molecule has 0 aromatic rings. The van der Waals surface area contributed by atoms with Crippen molar-refractivity contribution in [3.05, 3.63) is 11.6 Å². The number of hydrogen-bond acceptors (Lipinski definition) is 3. The van der Waals surface area contributed by atoms with E-state index in [4.69, 9.17) is 0 Å². The highest BCUT2D eigenvalue weighted by Crippen LogP contribution is 2.25. The minimum absolute atomic E-state index is 0.395. The van der Waals surface area contributed by atoms with Gasteiger partial charge >= 0.3 is 5.97 Å². The van der Waals surface area contributed by atoms with Crippen molar-refractivity contribution >= 4 is 5.97 Å². The number of rotatable bonds is 2. The minimum Gasteiger partial charge on any atom is -0.426 e. The highest BCUT2D eigenvalue weighted by molar-refractivity contribution is 5.91. The molecule has 3 heteroatoms. The van der Waals surface area contributed by atoms with Gasteiger partial charge in [0.2, 0.25) is 5.79 Å². The Hall–Kier alpha value is -0.830. The number of esters is 1. The average molecular weight is 170 g/mol. The van der Waals surface area contributed by atoms with Crippen LogP contribution in [0.5, 0.6) is 0 Å². The molecule has 0 bridgehead atoms. The summed E-state index contributed by atoms with van der Waals surface area (Å²) in [5.74, 6) is -1.38. The van der Waals surface area contributed by atoms with Crippen LogP contribution in [0.15, 0.2) is 11.6 Å². The summed E-state index contributed by atoms with van der Waals surface area (Å²) in [6.07, 6.45) is 2.14. The third-order valence-electron chi connectivity index (χ3n) is 1.63. The number of hydrogen-bond donors (Lipinski definition) is 1. The molecule has 0 amide bonds. The SMILES string of the molecule is CC(C)CC1=C[C@](C)(O)OC1=O. The van der Waals surface area contributed by atoms with Crippen LogP contribution in [0.3, 0.4) is 0 Å². The molecule has 1 N–H and O–H groups in total. The Bertz CT molecular complexity index is 226. The summed E-state index contributed by atoms with van der Waals surface area (Å²) in [5.41, 5.74) is 0.579. The molecule has 0 fully saturated rings. The fourth-order valence-corrected chi connectivity index (χ4v) is 1.25. The van der Waals surface area contributed by atoms with Gasteiger partial charge in [-0.2, -0.15) is 0 Å². The van der Waals surface area contributed by atoms with Gasteiger partial charge in [0, 0.05) is 12.5 Å². The second-order valence-corrected chi connectivity index (χ2v) is 3.71. The van der Waals surface area contributed by atoms with E-state index in [0.29, 0.717) is 17.9 Å². The van der Waals surface area contributed by atoms with Crippen LogP contribution in [0.2, 0.25) is 0 Å². The van der Waals surface area contributed by atoms with Gasteiger partial charge in [-0.3, -0.25) is 0 Å². The van der Waals surface area contributed by atoms with Crippen molar-refractivity contribution < 1.29 is 14.6 Å². The Labute approximate surface area is 72.0 Å². The van der Waals surface area contributed by atoms with Crippen LogP contribution in [0.25, 0.3) is 0 Å². The molecule has 0 aliphatic carbocycles. The maximum atomic E-state index is 11.1. The first-order chi connectivity index (χ1) is 5.41. The van der Waals surface area contributed by atoms with Gasteiger partial charge in [0.05, 0.1) is 0 Å². The molecule has 68 valence electrons. The lowest BCUT2D eigenvalue weighted by atomic mass is 10.0. The molecular formula is C9H14O3. The predicted molar refractivity (Wildman–Crippen MR) is 44.3 cm³/mol. The largest absolute Gasteiger partial charge is 0.426 e. The van der Waals surface area contributed by atoms with Crippen LogP contribution in [0.1, 0.15) is 27.2 Å². The van der Waals surface area contributed by atoms with Crippen LogP contribution < -0.4 is 0 Å². The zero-order valence-electron chi connectivity index (χ0n) is 7.63. The van der Waals surface area contributed by atoms with Gasteiger partial charge in [-0.15, -0.1) is 0 Å². The molecule has 0 saturated carbocycles. The van der Waals surface area contributed by atoms with Crippen molar-refractivity contribution in [1.82, 2.24) is 0 Å². The second kappa shape index (κ2) is 2.90. The number of carbonyl (C=O) groups is 1. The molecule has 0 unspecified atom stereocenters. The van der Waals surface area contributed by atoms with Gasteiger partial charge in [0.1, 0.15) is 0 Å². The van der Waals surface area contributed by atoms with Crippen molar-refractivity contribution in [2.75, 3.05) is 0 Å². The van der Waals surface area contributed by atoms with Gasteiger partial charge in [0.15, 0.2) is 0 Å². The van der Waals surface area contributed by atoms with Gasteiger partial charge in [0.25, 0.3) is 0 Å². The summed E-state index contributed by atoms with van der Waals surface area (Å²) in [7, 11) is 0. The van der Waals surface area contributed by atoms with E-state index in [1.165, 1.54) is 13.0 Å². The topological polar surface area (TPSA) is 46.5 Å². The third-order valence-corrected chi connectivity index (χ3v) is 1.63. The third kappa shape index (κ3) is 2.08. The lowest BCUT2D eigenvalue weighted by molar-refractivity contribution is -0.172. The molecule has 1 heterocycles. The fourth-order valence-electron chi connectivity index (χ4n) is 1.25. The van der Waals surface area contributed by atoms with Crippen molar-refractivity contribution in [3.8, 4) is 0 Å². The molecule has 0 aromatic carbocycles. The van der Waals surface area contributed by atoms with Crippen LogP contribution >= 0.6 is 0 Å². The summed E-state index contributed by atoms with van der Waals surface area (Å²) in [6, 6.07) is 0. The van der Waals surface area contributed by atoms with Crippen molar-refractivity contribution in [1.29, 1.82) is 0 Å². The molecule has 1 atom stereocenters. The van der Waals surface area contributed by atoms with Gasteiger partial charge in [-0.25, -0.2) is 4.79 Å². The monoisotopic (exact) mass is 170 g/mol. The molecule has 3 nitrogen and oxygen atoms in total. The number of carbonyl (C=O) groups excluding carboxylic acids is 1. The van der Waals surface area contributed by atoms with E-state index in [0.717, 1.165) is 0 Å². The highest BCUT2D eigenvalue weighted by Gasteiger charge is 2.33. The molecule has 0 aromatic heterocycles. The molecule has 1 aliphatic heterocycles. The highest BCUT2D eigenvalue weighted by atomic mass is 16.7. The molecule has 0 spiro atoms. The smallest absolute Gasteiger partial charge is 0.336 e. The minimum atomic E-state index is -1.39. The Balaban J connectivity index is 2.71. The van der Waals surface area contributed by atoms with Gasteiger partial charge in [-0.05, 0) is 18.4 Å². The van der Waals surface area contributed by atoms with E-state index >= 15 is 0 Å². The van der Waals surface area contributed by atoms with Crippen molar-refractivity contribution in [2.45, 2.75) is 33.0 Å². The van der Waals surface area contributed by atoms with E-state index in [2.05, 4.69) is 4.74 Å². The number of ether oxygens (including phenoxy) is 1. The summed E-state index contributed by atoms with van der Waals surface area (Å²) in [4.78, 5) is 11.1. The molecule has 0 saturated heterocycles. The van der Waals surface area contributed by atoms with Crippen LogP contribution in [-0.2, 0) is 9.53 Å². The van der Waals surface area contributed by atoms with Gasteiger partial charge in [-0.1, -0.05) is 13.8 Å². The first-order valence-corrected chi connectivity index (χ1v) is 4.08. The number of aliphatic hydroxyl groups is 1. The Morgan fingerprint density at radius 2 is 2.25 bits per heavy atom. The lowest BCUT2D eigenvalue weighted by Gasteiger charge is -2.11. The van der Waals surface area contributed by atoms with Crippen LogP contribution in [-0.4, -0.2) is 16.9 Å². The van der Waals surface area contributed by atoms with Crippen LogP contribution in [0, 0.1) is 5.92 Å². The molecule has 12 heavy (non-hydrogen) atoms. The quantitative estimate of drug-likeness (QED) is 0.634. The summed E-state index contributed by atoms with van der Waals surface area (Å²) < 4.78 is 4.69. The second-order valence-electron chi connectivity index (χ2n) is 3.71. The zero-order valence-corrected chi connectivity index (χ0v) is 7.63. The first kappa shape index (κ1) is 9.26. The normalized spacial score (nSPS) is 29.1. The van der Waals surface area contributed by atoms with Gasteiger partial charge < -0.3 is 9.84 Å². The molecule has 0 radical (unpaired) electrons. The maximum Gasteiger partial charge on any atom is 0.336 e. The Kier molecular flexibility index (Phi) is 2.24. The maximum absolute atomic E-state index is 11.1. The zero-order chi connectivity index (χ0) is 9.35. The number of cyclic esters (lactones) is 1. The van der Waals surface area contributed by atoms with Crippen LogP contribution in [0.4, 0.5) is 0 Å². The van der Waals surface area contributed by atoms with E-state index in [1.807, 2.05) is 13.8 Å². The fraction of sp³-hybridized carbons (Fsp3) is 0.667. The van der Waals surface area contributed by atoms with E-state index in [-0.39, 0.29) is 0 Å². The standard InChI is InChI=1S/C9H14O3/c1-6(2)4-7-5-9(3,11)12-8(7)10/h5-6,11H,4H2,1-3H3/t9-/m1/s1. The average Bonchev–Trinajstić information content (AvgIpc) is 2.03. The van der Waals surface area contributed by atoms with Crippen molar-refractivity contribution in [3.63, 3.8) is 0 Å². The van der Waals surface area contributed by atoms with E-state index in [1.54, 1.807) is 0 Å².